The lowest BCUT2D eigenvalue weighted by Crippen LogP contribution is -2.45. The zero-order valence-corrected chi connectivity index (χ0v) is 29.9. The van der Waals surface area contributed by atoms with Crippen molar-refractivity contribution in [3.63, 3.8) is 0 Å². The van der Waals surface area contributed by atoms with Crippen molar-refractivity contribution in [3.8, 4) is 17.1 Å². The predicted molar refractivity (Wildman–Crippen MR) is 190 cm³/mol. The fourth-order valence-corrected chi connectivity index (χ4v) is 7.76. The summed E-state index contributed by atoms with van der Waals surface area (Å²) in [5.74, 6) is 0.540. The minimum Gasteiger partial charge on any atom is -0.475 e. The van der Waals surface area contributed by atoms with Gasteiger partial charge in [-0.3, -0.25) is 9.78 Å². The molecule has 12 heteroatoms. The Hall–Kier alpha value is -4.58. The monoisotopic (exact) mass is 683 g/mol. The first-order chi connectivity index (χ1) is 23.3. The summed E-state index contributed by atoms with van der Waals surface area (Å²) >= 11 is 0. The van der Waals surface area contributed by atoms with E-state index < -0.39 is 16.1 Å². The molecule has 1 N–H and O–H groups in total. The van der Waals surface area contributed by atoms with Crippen molar-refractivity contribution < 1.29 is 17.9 Å². The maximum absolute atomic E-state index is 14.5. The lowest BCUT2D eigenvalue weighted by molar-refractivity contribution is 0.0509. The van der Waals surface area contributed by atoms with E-state index in [4.69, 9.17) is 9.72 Å². The minimum atomic E-state index is -4.17. The van der Waals surface area contributed by atoms with Crippen LogP contribution in [0.3, 0.4) is 0 Å². The van der Waals surface area contributed by atoms with Crippen LogP contribution in [0.5, 0.6) is 5.88 Å². The summed E-state index contributed by atoms with van der Waals surface area (Å²) in [6, 6.07) is 13.6. The van der Waals surface area contributed by atoms with Gasteiger partial charge in [-0.15, -0.1) is 0 Å². The molecule has 0 radical (unpaired) electrons. The number of fused-ring (bicyclic) bond motifs is 4. The van der Waals surface area contributed by atoms with Crippen LogP contribution in [-0.4, -0.2) is 64.4 Å². The van der Waals surface area contributed by atoms with Gasteiger partial charge < -0.3 is 14.5 Å². The molecule has 2 aliphatic rings. The van der Waals surface area contributed by atoms with Gasteiger partial charge in [0.1, 0.15) is 12.4 Å². The molecule has 49 heavy (non-hydrogen) atoms. The number of sulfonamides is 1. The molecule has 4 heterocycles. The lowest BCUT2D eigenvalue weighted by atomic mass is 9.87. The number of hydrogen-bond donors (Lipinski definition) is 1. The summed E-state index contributed by atoms with van der Waals surface area (Å²) < 4.78 is 36.4. The molecule has 1 amide bonds. The van der Waals surface area contributed by atoms with Crippen LogP contribution in [0.25, 0.3) is 11.3 Å². The molecule has 0 spiro atoms. The topological polar surface area (TPSA) is 131 Å². The Kier molecular flexibility index (Phi) is 9.61. The van der Waals surface area contributed by atoms with Crippen LogP contribution in [0.4, 0.5) is 11.8 Å². The summed E-state index contributed by atoms with van der Waals surface area (Å²) in [6.07, 6.45) is 7.43. The van der Waals surface area contributed by atoms with Gasteiger partial charge in [0.2, 0.25) is 11.8 Å². The van der Waals surface area contributed by atoms with E-state index in [0.29, 0.717) is 23.9 Å². The highest BCUT2D eigenvalue weighted by atomic mass is 32.2. The number of rotatable bonds is 5. The van der Waals surface area contributed by atoms with Gasteiger partial charge in [-0.1, -0.05) is 45.0 Å². The van der Waals surface area contributed by atoms with Crippen LogP contribution >= 0.6 is 0 Å². The number of anilines is 2. The van der Waals surface area contributed by atoms with Crippen LogP contribution in [0.15, 0.2) is 65.8 Å². The number of carbonyl (C=O) groups excluding carboxylic acids is 1. The number of ether oxygens (including phenoxy) is 1. The summed E-state index contributed by atoms with van der Waals surface area (Å²) in [7, 11) is -4.17. The first-order valence-corrected chi connectivity index (χ1v) is 18.4. The van der Waals surface area contributed by atoms with Crippen LogP contribution in [0.2, 0.25) is 0 Å². The van der Waals surface area contributed by atoms with Crippen molar-refractivity contribution in [3.05, 3.63) is 83.3 Å². The van der Waals surface area contributed by atoms with E-state index in [1.807, 2.05) is 32.0 Å². The number of aryl methyl sites for hydroxylation is 2. The van der Waals surface area contributed by atoms with Crippen molar-refractivity contribution in [2.75, 3.05) is 22.8 Å². The molecule has 1 saturated heterocycles. The Bertz CT molecular complexity index is 1940. The zero-order valence-electron chi connectivity index (χ0n) is 29.1. The van der Waals surface area contributed by atoms with E-state index in [-0.39, 0.29) is 46.8 Å². The van der Waals surface area contributed by atoms with E-state index in [9.17, 15) is 13.2 Å². The standard InChI is InChI=1S/C37H45N7O4S/c1-24-11-9-12-25(2)34(24)31-18-33-41-36(40-31)42-49(46,47)30-15-10-14-27(17-30)35(45)44(29(23-48-33)19-37(4,5)6)22-28-20-38-21-32(39-28)43-16-8-7-13-26(43)3/h9-12,14-15,17-18,20-21,26,29H,7-8,13,16,19,22-23H2,1-6H3,(H,40,41,42)/t26-,29-/m1/s1. The van der Waals surface area contributed by atoms with E-state index in [1.54, 1.807) is 35.5 Å². The average molecular weight is 684 g/mol. The highest BCUT2D eigenvalue weighted by Crippen LogP contribution is 2.32. The molecule has 2 atom stereocenters. The van der Waals surface area contributed by atoms with Gasteiger partial charge in [0.25, 0.3) is 15.9 Å². The third-order valence-electron chi connectivity index (χ3n) is 9.13. The van der Waals surface area contributed by atoms with Crippen molar-refractivity contribution in [2.45, 2.75) is 90.7 Å². The largest absolute Gasteiger partial charge is 0.475 e. The average Bonchev–Trinajstić information content (AvgIpc) is 3.05. The Morgan fingerprint density at radius 2 is 1.73 bits per heavy atom. The highest BCUT2D eigenvalue weighted by Gasteiger charge is 2.32. The molecule has 258 valence electrons. The number of amides is 1. The predicted octanol–water partition coefficient (Wildman–Crippen LogP) is 6.57. The summed E-state index contributed by atoms with van der Waals surface area (Å²) in [5, 5.41) is 0. The van der Waals surface area contributed by atoms with Gasteiger partial charge in [-0.2, -0.15) is 4.98 Å². The maximum Gasteiger partial charge on any atom is 0.264 e. The van der Waals surface area contributed by atoms with Crippen molar-refractivity contribution in [1.82, 2.24) is 24.8 Å². The molecular formula is C37H45N7O4S. The van der Waals surface area contributed by atoms with Crippen LogP contribution < -0.4 is 14.4 Å². The first-order valence-electron chi connectivity index (χ1n) is 16.9. The maximum atomic E-state index is 14.5. The molecule has 4 bridgehead atoms. The quantitative estimate of drug-likeness (QED) is 0.248. The lowest BCUT2D eigenvalue weighted by Gasteiger charge is -2.36. The summed E-state index contributed by atoms with van der Waals surface area (Å²) in [6.45, 7) is 13.7. The Balaban J connectivity index is 1.46. The Labute approximate surface area is 289 Å². The van der Waals surface area contributed by atoms with Crippen LogP contribution in [0.1, 0.15) is 80.6 Å². The number of hydrogen-bond acceptors (Lipinski definition) is 9. The molecule has 1 fully saturated rings. The van der Waals surface area contributed by atoms with Crippen molar-refractivity contribution in [1.29, 1.82) is 0 Å². The Morgan fingerprint density at radius 3 is 2.47 bits per heavy atom. The molecule has 0 saturated carbocycles. The van der Waals surface area contributed by atoms with Crippen LogP contribution in [-0.2, 0) is 16.6 Å². The number of nitrogens with one attached hydrogen (secondary N) is 1. The molecule has 2 aliphatic heterocycles. The van der Waals surface area contributed by atoms with E-state index in [1.165, 1.54) is 18.6 Å². The fraction of sp³-hybridized carbons (Fsp3) is 0.432. The highest BCUT2D eigenvalue weighted by molar-refractivity contribution is 7.92. The van der Waals surface area contributed by atoms with Gasteiger partial charge in [-0.25, -0.2) is 23.1 Å². The summed E-state index contributed by atoms with van der Waals surface area (Å²) in [4.78, 5) is 37.1. The molecule has 6 rings (SSSR count). The van der Waals surface area contributed by atoms with Gasteiger partial charge >= 0.3 is 0 Å². The van der Waals surface area contributed by atoms with Gasteiger partial charge in [0.05, 0.1) is 41.3 Å². The minimum absolute atomic E-state index is 0.0747. The second-order valence-electron chi connectivity index (χ2n) is 14.4. The van der Waals surface area contributed by atoms with E-state index in [0.717, 1.165) is 41.9 Å². The fourth-order valence-electron chi connectivity index (χ4n) is 6.77. The molecule has 0 aliphatic carbocycles. The molecular weight excluding hydrogens is 639 g/mol. The number of benzene rings is 2. The first kappa shape index (κ1) is 34.3. The van der Waals surface area contributed by atoms with Gasteiger partial charge in [0, 0.05) is 29.8 Å². The summed E-state index contributed by atoms with van der Waals surface area (Å²) in [5.41, 5.74) is 4.04. The Morgan fingerprint density at radius 1 is 0.980 bits per heavy atom. The normalized spacial score (nSPS) is 19.6. The van der Waals surface area contributed by atoms with E-state index >= 15 is 0 Å². The van der Waals surface area contributed by atoms with E-state index in [2.05, 4.69) is 52.3 Å². The SMILES string of the molecule is Cc1cccc(C)c1-c1cc2nc(n1)NS(=O)(=O)c1cccc(c1)C(=O)N(Cc1cncc(N3CCCC[C@H]3C)n1)[C@H](CC(C)(C)C)CO2. The number of nitrogens with zero attached hydrogens (tertiary/aromatic N) is 6. The van der Waals surface area contributed by atoms with Crippen molar-refractivity contribution >= 4 is 27.7 Å². The second-order valence-corrected chi connectivity index (χ2v) is 16.1. The number of aromatic nitrogens is 4. The van der Waals surface area contributed by atoms with Crippen molar-refractivity contribution in [2.24, 2.45) is 5.41 Å². The van der Waals surface area contributed by atoms with Crippen LogP contribution in [0, 0.1) is 19.3 Å². The smallest absolute Gasteiger partial charge is 0.264 e. The van der Waals surface area contributed by atoms with Gasteiger partial charge in [0.15, 0.2) is 0 Å². The third kappa shape index (κ3) is 7.85. The second kappa shape index (κ2) is 13.7. The number of carbonyl (C=O) groups is 1. The molecule has 0 unspecified atom stereocenters. The van der Waals surface area contributed by atoms with Gasteiger partial charge in [-0.05, 0) is 81.2 Å². The third-order valence-corrected chi connectivity index (χ3v) is 10.5. The molecule has 11 nitrogen and oxygen atoms in total. The zero-order chi connectivity index (χ0) is 34.9. The molecule has 2 aromatic heterocycles. The molecule has 4 aromatic rings. The molecule has 2 aromatic carbocycles. The number of piperidine rings is 1.